The molecule has 1 aliphatic rings. The van der Waals surface area contributed by atoms with Crippen LogP contribution in [0.25, 0.3) is 0 Å². The summed E-state index contributed by atoms with van der Waals surface area (Å²) in [6, 6.07) is 0. The molecule has 0 spiro atoms. The van der Waals surface area contributed by atoms with Crippen LogP contribution in [0.3, 0.4) is 0 Å². The van der Waals surface area contributed by atoms with Gasteiger partial charge >= 0.3 is 0 Å². The number of hydrogen-bond donors (Lipinski definition) is 1. The number of ketones is 1. The van der Waals surface area contributed by atoms with Crippen LogP contribution in [0.4, 0.5) is 0 Å². The molecule has 15 heavy (non-hydrogen) atoms. The predicted octanol–water partition coefficient (Wildman–Crippen LogP) is 3.22. The molecule has 2 heteroatoms. The Bertz CT molecular complexity index is 201. The normalized spacial score (nSPS) is 26.1. The summed E-state index contributed by atoms with van der Waals surface area (Å²) in [6.07, 6.45) is 9.98. The van der Waals surface area contributed by atoms with Crippen molar-refractivity contribution in [3.05, 3.63) is 0 Å². The van der Waals surface area contributed by atoms with E-state index in [1.165, 1.54) is 32.1 Å². The van der Waals surface area contributed by atoms with Crippen molar-refractivity contribution in [3.63, 3.8) is 0 Å². The van der Waals surface area contributed by atoms with Crippen molar-refractivity contribution in [2.24, 2.45) is 0 Å². The molecule has 0 aromatic rings. The van der Waals surface area contributed by atoms with Crippen molar-refractivity contribution in [2.75, 3.05) is 0 Å². The number of carbonyl (C=O) groups excluding carboxylic acids is 1. The lowest BCUT2D eigenvalue weighted by Gasteiger charge is -2.20. The number of unbranched alkanes of at least 4 members (excludes halogenated alkanes) is 5. The third-order valence-corrected chi connectivity index (χ3v) is 3.39. The van der Waals surface area contributed by atoms with Gasteiger partial charge in [-0.2, -0.15) is 0 Å². The van der Waals surface area contributed by atoms with E-state index in [1.807, 2.05) is 0 Å². The van der Waals surface area contributed by atoms with E-state index in [2.05, 4.69) is 6.92 Å². The molecule has 2 nitrogen and oxygen atoms in total. The molecule has 0 bridgehead atoms. The van der Waals surface area contributed by atoms with Crippen molar-refractivity contribution in [3.8, 4) is 0 Å². The summed E-state index contributed by atoms with van der Waals surface area (Å²) in [5.74, 6) is 0.239. The number of aliphatic hydroxyl groups is 1. The van der Waals surface area contributed by atoms with Gasteiger partial charge in [0.15, 0.2) is 0 Å². The average molecular weight is 212 g/mol. The zero-order valence-corrected chi connectivity index (χ0v) is 9.93. The molecule has 0 aromatic heterocycles. The van der Waals surface area contributed by atoms with Gasteiger partial charge in [-0.05, 0) is 12.8 Å². The highest BCUT2D eigenvalue weighted by molar-refractivity contribution is 5.81. The van der Waals surface area contributed by atoms with Gasteiger partial charge in [0.25, 0.3) is 0 Å². The zero-order chi connectivity index (χ0) is 11.1. The van der Waals surface area contributed by atoms with E-state index in [9.17, 15) is 9.90 Å². The lowest BCUT2D eigenvalue weighted by atomic mass is 9.94. The molecule has 0 unspecified atom stereocenters. The summed E-state index contributed by atoms with van der Waals surface area (Å²) >= 11 is 0. The van der Waals surface area contributed by atoms with Crippen LogP contribution >= 0.6 is 0 Å². The lowest BCUT2D eigenvalue weighted by molar-refractivity contribution is -0.118. The largest absolute Gasteiger partial charge is 0.389 e. The number of rotatable bonds is 7. The van der Waals surface area contributed by atoms with Gasteiger partial charge in [-0.3, -0.25) is 4.79 Å². The third kappa shape index (κ3) is 4.78. The Morgan fingerprint density at radius 2 is 1.87 bits per heavy atom. The van der Waals surface area contributed by atoms with E-state index in [-0.39, 0.29) is 5.78 Å². The van der Waals surface area contributed by atoms with E-state index >= 15 is 0 Å². The molecular weight excluding hydrogens is 188 g/mol. The lowest BCUT2D eigenvalue weighted by Crippen LogP contribution is -2.24. The molecule has 0 heterocycles. The molecule has 1 rings (SSSR count). The van der Waals surface area contributed by atoms with Crippen molar-refractivity contribution < 1.29 is 9.90 Å². The predicted molar refractivity (Wildman–Crippen MR) is 61.8 cm³/mol. The Morgan fingerprint density at radius 3 is 2.47 bits per heavy atom. The minimum atomic E-state index is -0.637. The molecule has 1 fully saturated rings. The van der Waals surface area contributed by atoms with E-state index in [0.717, 1.165) is 12.8 Å². The fourth-order valence-corrected chi connectivity index (χ4v) is 2.36. The smallest absolute Gasteiger partial charge is 0.135 e. The molecule has 0 aromatic carbocycles. The molecule has 0 aliphatic heterocycles. The standard InChI is InChI=1S/C13H24O2/c1-2-3-4-5-6-7-9-13(15)10-8-12(14)11-13/h15H,2-11H2,1H3/t13-/m0/s1. The van der Waals surface area contributed by atoms with E-state index in [0.29, 0.717) is 19.3 Å². The average Bonchev–Trinajstić information content (AvgIpc) is 2.53. The van der Waals surface area contributed by atoms with Crippen LogP contribution in [-0.2, 0) is 4.79 Å². The number of carbonyl (C=O) groups is 1. The number of Topliss-reactive ketones (excluding diaryl/α,β-unsaturated/α-hetero) is 1. The minimum absolute atomic E-state index is 0.239. The highest BCUT2D eigenvalue weighted by atomic mass is 16.3. The number of hydrogen-bond acceptors (Lipinski definition) is 2. The van der Waals surface area contributed by atoms with Gasteiger partial charge in [-0.25, -0.2) is 0 Å². The molecule has 0 amide bonds. The van der Waals surface area contributed by atoms with Crippen LogP contribution in [-0.4, -0.2) is 16.5 Å². The van der Waals surface area contributed by atoms with Gasteiger partial charge in [0.1, 0.15) is 5.78 Å². The first-order valence-electron chi connectivity index (χ1n) is 6.40. The molecule has 1 atom stereocenters. The van der Waals surface area contributed by atoms with Gasteiger partial charge in [0.2, 0.25) is 0 Å². The SMILES string of the molecule is CCCCCCCC[C@]1(O)CCC(=O)C1. The Kier molecular flexibility index (Phi) is 5.30. The van der Waals surface area contributed by atoms with Crippen molar-refractivity contribution in [2.45, 2.75) is 76.7 Å². The molecule has 1 saturated carbocycles. The first-order chi connectivity index (χ1) is 7.16. The van der Waals surface area contributed by atoms with Crippen LogP contribution in [0.15, 0.2) is 0 Å². The summed E-state index contributed by atoms with van der Waals surface area (Å²) in [4.78, 5) is 11.1. The Morgan fingerprint density at radius 1 is 1.20 bits per heavy atom. The summed E-state index contributed by atoms with van der Waals surface area (Å²) in [6.45, 7) is 2.22. The minimum Gasteiger partial charge on any atom is -0.389 e. The maximum atomic E-state index is 11.1. The fourth-order valence-electron chi connectivity index (χ4n) is 2.36. The highest BCUT2D eigenvalue weighted by Crippen LogP contribution is 2.31. The van der Waals surface area contributed by atoms with E-state index in [4.69, 9.17) is 0 Å². The van der Waals surface area contributed by atoms with Gasteiger partial charge in [-0.15, -0.1) is 0 Å². The Hall–Kier alpha value is -0.370. The van der Waals surface area contributed by atoms with Crippen LogP contribution < -0.4 is 0 Å². The second-order valence-electron chi connectivity index (χ2n) is 4.96. The van der Waals surface area contributed by atoms with Crippen LogP contribution in [0.5, 0.6) is 0 Å². The second-order valence-corrected chi connectivity index (χ2v) is 4.96. The van der Waals surface area contributed by atoms with Gasteiger partial charge in [0.05, 0.1) is 5.60 Å². The Balaban J connectivity index is 2.02. The first kappa shape index (κ1) is 12.7. The topological polar surface area (TPSA) is 37.3 Å². The van der Waals surface area contributed by atoms with Gasteiger partial charge < -0.3 is 5.11 Å². The van der Waals surface area contributed by atoms with Gasteiger partial charge in [-0.1, -0.05) is 45.4 Å². The van der Waals surface area contributed by atoms with Crippen molar-refractivity contribution >= 4 is 5.78 Å². The Labute approximate surface area is 93.1 Å². The molecule has 1 aliphatic carbocycles. The molecular formula is C13H24O2. The zero-order valence-electron chi connectivity index (χ0n) is 9.93. The van der Waals surface area contributed by atoms with Crippen molar-refractivity contribution in [1.82, 2.24) is 0 Å². The second kappa shape index (κ2) is 6.26. The maximum Gasteiger partial charge on any atom is 0.135 e. The first-order valence-corrected chi connectivity index (χ1v) is 6.40. The van der Waals surface area contributed by atoms with E-state index < -0.39 is 5.60 Å². The molecule has 88 valence electrons. The fraction of sp³-hybridized carbons (Fsp3) is 0.923. The van der Waals surface area contributed by atoms with Gasteiger partial charge in [0, 0.05) is 12.8 Å². The summed E-state index contributed by atoms with van der Waals surface area (Å²) < 4.78 is 0. The summed E-state index contributed by atoms with van der Waals surface area (Å²) in [5.41, 5.74) is -0.637. The highest BCUT2D eigenvalue weighted by Gasteiger charge is 2.35. The molecule has 0 radical (unpaired) electrons. The van der Waals surface area contributed by atoms with E-state index in [1.54, 1.807) is 0 Å². The quantitative estimate of drug-likeness (QED) is 0.658. The monoisotopic (exact) mass is 212 g/mol. The molecule has 0 saturated heterocycles. The third-order valence-electron chi connectivity index (χ3n) is 3.39. The van der Waals surface area contributed by atoms with Crippen LogP contribution in [0, 0.1) is 0 Å². The van der Waals surface area contributed by atoms with Crippen LogP contribution in [0.1, 0.15) is 71.1 Å². The summed E-state index contributed by atoms with van der Waals surface area (Å²) in [5, 5.41) is 10.0. The van der Waals surface area contributed by atoms with Crippen molar-refractivity contribution in [1.29, 1.82) is 0 Å². The maximum absolute atomic E-state index is 11.1. The summed E-state index contributed by atoms with van der Waals surface area (Å²) in [7, 11) is 0. The molecule has 1 N–H and O–H groups in total. The van der Waals surface area contributed by atoms with Crippen LogP contribution in [0.2, 0.25) is 0 Å².